The lowest BCUT2D eigenvalue weighted by molar-refractivity contribution is -0.144. The molecule has 0 radical (unpaired) electrons. The number of halogens is 1. The average molecular weight is 284 g/mol. The minimum absolute atomic E-state index is 0.0737. The van der Waals surface area contributed by atoms with Crippen LogP contribution in [0.25, 0.3) is 0 Å². The van der Waals surface area contributed by atoms with Crippen molar-refractivity contribution in [1.29, 1.82) is 0 Å². The third-order valence-electron chi connectivity index (χ3n) is 1.80. The Morgan fingerprint density at radius 3 is 3.08 bits per heavy atom. The Morgan fingerprint density at radius 1 is 1.83 bits per heavy atom. The van der Waals surface area contributed by atoms with Crippen LogP contribution in [-0.4, -0.2) is 29.2 Å². The summed E-state index contributed by atoms with van der Waals surface area (Å²) in [6.07, 6.45) is 2.11. The molecule has 12 heavy (non-hydrogen) atoms. The van der Waals surface area contributed by atoms with Crippen LogP contribution in [0.3, 0.4) is 0 Å². The molecular formula is C8H13IO3. The molecule has 1 fully saturated rings. The molecule has 0 N–H and O–H groups in total. The average Bonchev–Trinajstić information content (AvgIpc) is 2.55. The highest BCUT2D eigenvalue weighted by atomic mass is 127. The topological polar surface area (TPSA) is 35.5 Å². The first-order valence-electron chi connectivity index (χ1n) is 4.18. The third-order valence-corrected chi connectivity index (χ3v) is 3.11. The molecule has 70 valence electrons. The first-order chi connectivity index (χ1) is 5.75. The molecule has 0 aromatic carbocycles. The predicted molar refractivity (Wildman–Crippen MR) is 53.4 cm³/mol. The number of hydrogen-bond acceptors (Lipinski definition) is 3. The van der Waals surface area contributed by atoms with E-state index in [4.69, 9.17) is 9.47 Å². The van der Waals surface area contributed by atoms with Crippen molar-refractivity contribution in [3.63, 3.8) is 0 Å². The van der Waals surface area contributed by atoms with E-state index in [1.165, 1.54) is 0 Å². The smallest absolute Gasteiger partial charge is 0.321 e. The summed E-state index contributed by atoms with van der Waals surface area (Å²) in [5, 5.41) is 0. The van der Waals surface area contributed by atoms with E-state index in [1.54, 1.807) is 0 Å². The van der Waals surface area contributed by atoms with Crippen LogP contribution in [0.5, 0.6) is 0 Å². The largest absolute Gasteiger partial charge is 0.465 e. The first-order valence-corrected chi connectivity index (χ1v) is 5.42. The van der Waals surface area contributed by atoms with Crippen molar-refractivity contribution in [2.24, 2.45) is 0 Å². The maximum atomic E-state index is 11.2. The first kappa shape index (κ1) is 10.2. The molecule has 1 aliphatic rings. The van der Waals surface area contributed by atoms with E-state index < -0.39 is 0 Å². The molecule has 0 aromatic heterocycles. The van der Waals surface area contributed by atoms with Gasteiger partial charge in [0.2, 0.25) is 0 Å². The van der Waals surface area contributed by atoms with Gasteiger partial charge in [-0.2, -0.15) is 0 Å². The van der Waals surface area contributed by atoms with E-state index in [0.29, 0.717) is 6.61 Å². The number of carbonyl (C=O) groups excluding carboxylic acids is 1. The Bertz CT molecular complexity index is 154. The summed E-state index contributed by atoms with van der Waals surface area (Å²) in [5.41, 5.74) is 0. The second kappa shape index (κ2) is 5.01. The lowest BCUT2D eigenvalue weighted by Crippen LogP contribution is -2.29. The fourth-order valence-corrected chi connectivity index (χ4v) is 1.95. The van der Waals surface area contributed by atoms with Gasteiger partial charge in [0.25, 0.3) is 0 Å². The van der Waals surface area contributed by atoms with Gasteiger partial charge in [-0.1, -0.05) is 22.6 Å². The lowest BCUT2D eigenvalue weighted by Gasteiger charge is -2.14. The van der Waals surface area contributed by atoms with Gasteiger partial charge in [-0.3, -0.25) is 4.79 Å². The monoisotopic (exact) mass is 284 g/mol. The fourth-order valence-electron chi connectivity index (χ4n) is 1.21. The highest BCUT2D eigenvalue weighted by Crippen LogP contribution is 2.22. The minimum atomic E-state index is -0.148. The molecule has 0 spiro atoms. The molecule has 1 rings (SSSR count). The van der Waals surface area contributed by atoms with Crippen molar-refractivity contribution in [2.75, 3.05) is 13.2 Å². The van der Waals surface area contributed by atoms with Crippen molar-refractivity contribution in [1.82, 2.24) is 0 Å². The van der Waals surface area contributed by atoms with Gasteiger partial charge >= 0.3 is 5.97 Å². The molecule has 3 nitrogen and oxygen atoms in total. The van der Waals surface area contributed by atoms with Gasteiger partial charge in [0.1, 0.15) is 3.92 Å². The molecule has 0 bridgehead atoms. The molecule has 0 saturated carbocycles. The van der Waals surface area contributed by atoms with Crippen LogP contribution in [-0.2, 0) is 14.3 Å². The fraction of sp³-hybridized carbons (Fsp3) is 0.875. The summed E-state index contributed by atoms with van der Waals surface area (Å²) < 4.78 is 10.1. The Labute approximate surface area is 85.9 Å². The lowest BCUT2D eigenvalue weighted by atomic mass is 10.2. The van der Waals surface area contributed by atoms with E-state index in [2.05, 4.69) is 22.6 Å². The van der Waals surface area contributed by atoms with E-state index in [9.17, 15) is 4.79 Å². The van der Waals surface area contributed by atoms with E-state index in [-0.39, 0.29) is 16.0 Å². The number of carbonyl (C=O) groups is 1. The number of alkyl halides is 1. The molecule has 1 aliphatic heterocycles. The van der Waals surface area contributed by atoms with Crippen LogP contribution in [0.1, 0.15) is 19.8 Å². The Morgan fingerprint density at radius 2 is 2.58 bits per heavy atom. The van der Waals surface area contributed by atoms with E-state index >= 15 is 0 Å². The molecule has 0 amide bonds. The normalized spacial score (nSPS) is 25.3. The van der Waals surface area contributed by atoms with Crippen molar-refractivity contribution in [2.45, 2.75) is 29.8 Å². The van der Waals surface area contributed by atoms with Crippen LogP contribution < -0.4 is 0 Å². The van der Waals surface area contributed by atoms with Gasteiger partial charge in [-0.25, -0.2) is 0 Å². The van der Waals surface area contributed by atoms with Crippen LogP contribution in [0.2, 0.25) is 0 Å². The van der Waals surface area contributed by atoms with Gasteiger partial charge in [0.15, 0.2) is 0 Å². The summed E-state index contributed by atoms with van der Waals surface area (Å²) in [4.78, 5) is 11.2. The zero-order chi connectivity index (χ0) is 8.97. The summed E-state index contributed by atoms with van der Waals surface area (Å²) in [6, 6.07) is 0. The Kier molecular flexibility index (Phi) is 4.28. The number of rotatable bonds is 3. The summed E-state index contributed by atoms with van der Waals surface area (Å²) >= 11 is 2.09. The van der Waals surface area contributed by atoms with Crippen molar-refractivity contribution >= 4 is 28.6 Å². The number of esters is 1. The summed E-state index contributed by atoms with van der Waals surface area (Å²) in [6.45, 7) is 3.05. The van der Waals surface area contributed by atoms with Gasteiger partial charge in [0, 0.05) is 6.61 Å². The van der Waals surface area contributed by atoms with Crippen molar-refractivity contribution < 1.29 is 14.3 Å². The summed E-state index contributed by atoms with van der Waals surface area (Å²) in [7, 11) is 0. The predicted octanol–water partition coefficient (Wildman–Crippen LogP) is 1.53. The number of ether oxygens (including phenoxy) is 2. The van der Waals surface area contributed by atoms with Crippen LogP contribution in [0.4, 0.5) is 0 Å². The maximum Gasteiger partial charge on any atom is 0.321 e. The van der Waals surface area contributed by atoms with E-state index in [1.807, 2.05) is 6.92 Å². The molecule has 1 saturated heterocycles. The van der Waals surface area contributed by atoms with Crippen molar-refractivity contribution in [3.05, 3.63) is 0 Å². The zero-order valence-electron chi connectivity index (χ0n) is 7.09. The van der Waals surface area contributed by atoms with Gasteiger partial charge in [0.05, 0.1) is 12.7 Å². The molecule has 0 unspecified atom stereocenters. The zero-order valence-corrected chi connectivity index (χ0v) is 9.24. The van der Waals surface area contributed by atoms with Crippen LogP contribution >= 0.6 is 22.6 Å². The number of hydrogen-bond donors (Lipinski definition) is 0. The Balaban J connectivity index is 2.34. The molecule has 0 aliphatic carbocycles. The third kappa shape index (κ3) is 2.58. The standard InChI is InChI=1S/C8H13IO3/c1-2-11-8(10)7(9)6-4-3-5-12-6/h6-7H,2-5H2,1H3/t6-,7-/m0/s1. The molecule has 0 aromatic rings. The second-order valence-electron chi connectivity index (χ2n) is 2.71. The Hall–Kier alpha value is 0.160. The van der Waals surface area contributed by atoms with E-state index in [0.717, 1.165) is 19.4 Å². The quantitative estimate of drug-likeness (QED) is 0.448. The second-order valence-corrected chi connectivity index (χ2v) is 4.05. The highest BCUT2D eigenvalue weighted by Gasteiger charge is 2.30. The van der Waals surface area contributed by atoms with Crippen LogP contribution in [0, 0.1) is 0 Å². The SMILES string of the molecule is CCOC(=O)[C@@H](I)[C@@H]1CCCO1. The summed E-state index contributed by atoms with van der Waals surface area (Å²) in [5.74, 6) is -0.148. The van der Waals surface area contributed by atoms with Crippen LogP contribution in [0.15, 0.2) is 0 Å². The maximum absolute atomic E-state index is 11.2. The molecule has 2 atom stereocenters. The highest BCUT2D eigenvalue weighted by molar-refractivity contribution is 14.1. The molecule has 4 heteroatoms. The minimum Gasteiger partial charge on any atom is -0.465 e. The van der Waals surface area contributed by atoms with Gasteiger partial charge < -0.3 is 9.47 Å². The molecule has 1 heterocycles. The van der Waals surface area contributed by atoms with Gasteiger partial charge in [-0.05, 0) is 19.8 Å². The van der Waals surface area contributed by atoms with Gasteiger partial charge in [-0.15, -0.1) is 0 Å². The molecular weight excluding hydrogens is 271 g/mol. The van der Waals surface area contributed by atoms with Crippen molar-refractivity contribution in [3.8, 4) is 0 Å².